The third-order valence-electron chi connectivity index (χ3n) is 5.68. The first kappa shape index (κ1) is 20.2. The van der Waals surface area contributed by atoms with E-state index in [0.29, 0.717) is 15.5 Å². The van der Waals surface area contributed by atoms with Crippen molar-refractivity contribution in [3.05, 3.63) is 57.8 Å². The van der Waals surface area contributed by atoms with Gasteiger partial charge in [0.15, 0.2) is 0 Å². The van der Waals surface area contributed by atoms with E-state index < -0.39 is 0 Å². The largest absolute Gasteiger partial charge is 0.370 e. The van der Waals surface area contributed by atoms with Crippen LogP contribution in [-0.2, 0) is 6.42 Å². The molecule has 144 valence electrons. The highest BCUT2D eigenvalue weighted by molar-refractivity contribution is 6.43. The number of pyridine rings is 1. The van der Waals surface area contributed by atoms with Crippen molar-refractivity contribution in [3.63, 3.8) is 0 Å². The fourth-order valence-corrected chi connectivity index (χ4v) is 4.17. The maximum atomic E-state index is 6.49. The number of nitrogens with zero attached hydrogens (tertiary/aromatic N) is 2. The van der Waals surface area contributed by atoms with Crippen molar-refractivity contribution in [3.8, 4) is 11.1 Å². The van der Waals surface area contributed by atoms with Crippen molar-refractivity contribution in [2.75, 3.05) is 13.1 Å². The van der Waals surface area contributed by atoms with Crippen LogP contribution in [0.4, 0.5) is 0 Å². The van der Waals surface area contributed by atoms with Gasteiger partial charge >= 0.3 is 0 Å². The van der Waals surface area contributed by atoms with Crippen LogP contribution < -0.4 is 0 Å². The zero-order chi connectivity index (χ0) is 19.8. The number of aryl methyl sites for hydroxylation is 2. The van der Waals surface area contributed by atoms with Gasteiger partial charge in [0.05, 0.1) is 21.4 Å². The average Bonchev–Trinajstić information content (AvgIpc) is 2.63. The normalized spacial score (nSPS) is 16.4. The van der Waals surface area contributed by atoms with Gasteiger partial charge in [-0.25, -0.2) is 0 Å². The minimum absolute atomic E-state index is 0.419. The van der Waals surface area contributed by atoms with Crippen LogP contribution in [-0.4, -0.2) is 23.0 Å². The molecule has 0 saturated carbocycles. The summed E-state index contributed by atoms with van der Waals surface area (Å²) < 4.78 is 0. The highest BCUT2D eigenvalue weighted by Gasteiger charge is 2.27. The quantitative estimate of drug-likeness (QED) is 0.545. The fourth-order valence-electron chi connectivity index (χ4n) is 3.77. The Morgan fingerprint density at radius 1 is 1.22 bits per heavy atom. The second-order valence-corrected chi connectivity index (χ2v) is 8.97. The van der Waals surface area contributed by atoms with Crippen LogP contribution in [0, 0.1) is 12.3 Å². The number of piperidine rings is 1. The van der Waals surface area contributed by atoms with Crippen LogP contribution in [0.25, 0.3) is 16.8 Å². The van der Waals surface area contributed by atoms with Gasteiger partial charge in [0.1, 0.15) is 0 Å². The Morgan fingerprint density at radius 3 is 2.52 bits per heavy atom. The lowest BCUT2D eigenvalue weighted by atomic mass is 9.82. The molecule has 2 nitrogen and oxygen atoms in total. The molecule has 3 rings (SSSR count). The molecule has 0 amide bonds. The van der Waals surface area contributed by atoms with Gasteiger partial charge in [-0.1, -0.05) is 62.7 Å². The maximum Gasteiger partial charge on any atom is 0.0863 e. The third-order valence-corrected chi connectivity index (χ3v) is 6.50. The molecule has 0 radical (unpaired) electrons. The number of hydrogen-bond acceptors (Lipinski definition) is 2. The predicted molar refractivity (Wildman–Crippen MR) is 117 cm³/mol. The lowest BCUT2D eigenvalue weighted by molar-refractivity contribution is 0.181. The number of benzene rings is 1. The third kappa shape index (κ3) is 4.17. The molecule has 27 heavy (non-hydrogen) atoms. The Hall–Kier alpha value is -1.51. The van der Waals surface area contributed by atoms with Gasteiger partial charge in [0.2, 0.25) is 0 Å². The van der Waals surface area contributed by atoms with Gasteiger partial charge in [-0.2, -0.15) is 0 Å². The number of hydrogen-bond donors (Lipinski definition) is 0. The van der Waals surface area contributed by atoms with E-state index >= 15 is 0 Å². The van der Waals surface area contributed by atoms with Crippen molar-refractivity contribution >= 4 is 28.9 Å². The molecule has 1 fully saturated rings. The standard InChI is InChI=1S/C23H28Cl2N2/c1-6-17-14-20(16(3)27-12-10-23(4,5)11-13-27)26-15(2)21(17)18-8-7-9-19(24)22(18)25/h7-9,14H,3,6,10-13H2,1-2,4-5H3. The van der Waals surface area contributed by atoms with Crippen LogP contribution in [0.3, 0.4) is 0 Å². The van der Waals surface area contributed by atoms with Crippen LogP contribution in [0.1, 0.15) is 50.6 Å². The van der Waals surface area contributed by atoms with Crippen molar-refractivity contribution in [2.45, 2.75) is 47.0 Å². The summed E-state index contributed by atoms with van der Waals surface area (Å²) in [6.07, 6.45) is 3.26. The summed E-state index contributed by atoms with van der Waals surface area (Å²) in [5, 5.41) is 1.16. The van der Waals surface area contributed by atoms with E-state index in [9.17, 15) is 0 Å². The molecule has 1 aliphatic heterocycles. The predicted octanol–water partition coefficient (Wildman–Crippen LogP) is 7.02. The Bertz CT molecular complexity index is 861. The van der Waals surface area contributed by atoms with Gasteiger partial charge in [-0.05, 0) is 49.3 Å². The summed E-state index contributed by atoms with van der Waals surface area (Å²) in [5.41, 5.74) is 6.62. The van der Waals surface area contributed by atoms with Gasteiger partial charge in [0.25, 0.3) is 0 Å². The summed E-state index contributed by atoms with van der Waals surface area (Å²) in [4.78, 5) is 7.27. The Balaban J connectivity index is 1.97. The second kappa shape index (κ2) is 7.85. The minimum Gasteiger partial charge on any atom is -0.370 e. The van der Waals surface area contributed by atoms with Gasteiger partial charge in [0, 0.05) is 29.9 Å². The number of halogens is 2. The summed E-state index contributed by atoms with van der Waals surface area (Å²) in [5.74, 6) is 0. The van der Waals surface area contributed by atoms with E-state index in [4.69, 9.17) is 28.2 Å². The monoisotopic (exact) mass is 402 g/mol. The van der Waals surface area contributed by atoms with Gasteiger partial charge < -0.3 is 4.90 Å². The van der Waals surface area contributed by atoms with Crippen LogP contribution in [0.2, 0.25) is 10.0 Å². The molecule has 0 N–H and O–H groups in total. The topological polar surface area (TPSA) is 16.1 Å². The molecule has 0 bridgehead atoms. The first-order valence-corrected chi connectivity index (χ1v) is 10.4. The van der Waals surface area contributed by atoms with Crippen molar-refractivity contribution in [1.29, 1.82) is 0 Å². The highest BCUT2D eigenvalue weighted by Crippen LogP contribution is 2.38. The molecule has 1 aliphatic rings. The lowest BCUT2D eigenvalue weighted by Gasteiger charge is -2.39. The van der Waals surface area contributed by atoms with Gasteiger partial charge in [-0.15, -0.1) is 0 Å². The molecule has 0 unspecified atom stereocenters. The molecule has 1 aromatic carbocycles. The van der Waals surface area contributed by atoms with E-state index in [0.717, 1.165) is 47.7 Å². The molecule has 2 aromatic rings. The second-order valence-electron chi connectivity index (χ2n) is 8.18. The van der Waals surface area contributed by atoms with Crippen molar-refractivity contribution < 1.29 is 0 Å². The van der Waals surface area contributed by atoms with E-state index in [1.54, 1.807) is 0 Å². The molecule has 0 aliphatic carbocycles. The average molecular weight is 403 g/mol. The molecular formula is C23H28Cl2N2. The van der Waals surface area contributed by atoms with Crippen molar-refractivity contribution in [2.24, 2.45) is 5.41 Å². The molecule has 4 heteroatoms. The number of likely N-dealkylation sites (tertiary alicyclic amines) is 1. The first-order valence-electron chi connectivity index (χ1n) is 9.62. The molecule has 0 spiro atoms. The van der Waals surface area contributed by atoms with Crippen molar-refractivity contribution in [1.82, 2.24) is 9.88 Å². The minimum atomic E-state index is 0.419. The zero-order valence-electron chi connectivity index (χ0n) is 16.7. The molecular weight excluding hydrogens is 375 g/mol. The summed E-state index contributed by atoms with van der Waals surface area (Å²) in [6, 6.07) is 7.93. The lowest BCUT2D eigenvalue weighted by Crippen LogP contribution is -2.36. The first-order chi connectivity index (χ1) is 12.7. The molecule has 2 heterocycles. The van der Waals surface area contributed by atoms with E-state index in [-0.39, 0.29) is 0 Å². The molecule has 0 atom stereocenters. The van der Waals surface area contributed by atoms with E-state index in [2.05, 4.69) is 38.3 Å². The Kier molecular flexibility index (Phi) is 5.88. The van der Waals surface area contributed by atoms with Gasteiger partial charge in [-0.3, -0.25) is 4.98 Å². The zero-order valence-corrected chi connectivity index (χ0v) is 18.2. The summed E-state index contributed by atoms with van der Waals surface area (Å²) >= 11 is 12.7. The maximum absolute atomic E-state index is 6.49. The summed E-state index contributed by atoms with van der Waals surface area (Å²) in [6.45, 7) is 15.3. The smallest absolute Gasteiger partial charge is 0.0863 e. The van der Waals surface area contributed by atoms with Crippen LogP contribution in [0.5, 0.6) is 0 Å². The number of rotatable bonds is 4. The van der Waals surface area contributed by atoms with Crippen LogP contribution in [0.15, 0.2) is 30.8 Å². The Labute approximate surface area is 173 Å². The van der Waals surface area contributed by atoms with E-state index in [1.807, 2.05) is 25.1 Å². The molecule has 1 saturated heterocycles. The fraction of sp³-hybridized carbons (Fsp3) is 0.435. The Morgan fingerprint density at radius 2 is 1.89 bits per heavy atom. The number of aromatic nitrogens is 1. The van der Waals surface area contributed by atoms with Crippen LogP contribution >= 0.6 is 23.2 Å². The highest BCUT2D eigenvalue weighted by atomic mass is 35.5. The van der Waals surface area contributed by atoms with E-state index in [1.165, 1.54) is 18.4 Å². The molecule has 1 aromatic heterocycles. The summed E-state index contributed by atoms with van der Waals surface area (Å²) in [7, 11) is 0. The SMILES string of the molecule is C=C(c1cc(CC)c(-c2cccc(Cl)c2Cl)c(C)n1)N1CCC(C)(C)CC1.